The van der Waals surface area contributed by atoms with Gasteiger partial charge in [0.25, 0.3) is 0 Å². The number of aryl methyl sites for hydroxylation is 2. The molecule has 0 radical (unpaired) electrons. The highest BCUT2D eigenvalue weighted by atomic mass is 32.1. The van der Waals surface area contributed by atoms with Gasteiger partial charge in [-0.25, -0.2) is 0 Å². The van der Waals surface area contributed by atoms with E-state index in [2.05, 4.69) is 73.1 Å². The second-order valence-electron chi connectivity index (χ2n) is 9.72. The fourth-order valence-corrected chi connectivity index (χ4v) is 9.77. The van der Waals surface area contributed by atoms with E-state index >= 15 is 0 Å². The van der Waals surface area contributed by atoms with Crippen LogP contribution in [0.1, 0.15) is 75.0 Å². The lowest BCUT2D eigenvalue weighted by molar-refractivity contribution is 0.670. The van der Waals surface area contributed by atoms with E-state index in [1.807, 2.05) is 56.7 Å². The van der Waals surface area contributed by atoms with Crippen LogP contribution in [0.2, 0.25) is 0 Å². The molecule has 0 atom stereocenters. The third kappa shape index (κ3) is 7.13. The number of hydrogen-bond acceptors (Lipinski definition) is 5. The van der Waals surface area contributed by atoms with Crippen LogP contribution in [0.4, 0.5) is 0 Å². The van der Waals surface area contributed by atoms with Crippen molar-refractivity contribution in [1.29, 1.82) is 0 Å². The fraction of sp³-hybridized carbons (Fsp3) is 0.375. The highest BCUT2D eigenvalue weighted by Gasteiger charge is 2.13. The van der Waals surface area contributed by atoms with Crippen LogP contribution in [0.25, 0.3) is 40.4 Å². The van der Waals surface area contributed by atoms with Crippen molar-refractivity contribution < 1.29 is 0 Å². The van der Waals surface area contributed by atoms with Crippen molar-refractivity contribution in [2.45, 2.75) is 78.1 Å². The molecule has 0 saturated heterocycles. The molecule has 0 aliphatic heterocycles. The van der Waals surface area contributed by atoms with Gasteiger partial charge in [-0.15, -0.1) is 56.7 Å². The van der Waals surface area contributed by atoms with Crippen LogP contribution in [0, 0.1) is 0 Å². The van der Waals surface area contributed by atoms with E-state index in [1.165, 1.54) is 114 Å². The van der Waals surface area contributed by atoms with Gasteiger partial charge in [-0.05, 0) is 85.0 Å². The SMILES string of the molecule is CCCCCCc1cc(-c2ccc(-c3ccc(-c4ccc(-c5csc(CCCCCC)c5)s4)s3)s2)cs1. The van der Waals surface area contributed by atoms with Gasteiger partial charge in [-0.1, -0.05) is 52.4 Å². The van der Waals surface area contributed by atoms with Crippen molar-refractivity contribution in [2.24, 2.45) is 0 Å². The molecular formula is C32H36S5. The first kappa shape index (κ1) is 27.1. The van der Waals surface area contributed by atoms with Crippen LogP contribution >= 0.6 is 56.7 Å². The molecule has 0 nitrogen and oxygen atoms in total. The Balaban J connectivity index is 1.22. The Hall–Kier alpha value is -1.50. The Morgan fingerprint density at radius 3 is 1.24 bits per heavy atom. The van der Waals surface area contributed by atoms with Gasteiger partial charge in [-0.2, -0.15) is 0 Å². The van der Waals surface area contributed by atoms with Crippen molar-refractivity contribution in [1.82, 2.24) is 0 Å². The summed E-state index contributed by atoms with van der Waals surface area (Å²) in [5.74, 6) is 0. The lowest BCUT2D eigenvalue weighted by atomic mass is 10.1. The molecule has 0 aliphatic rings. The molecule has 0 N–H and O–H groups in total. The van der Waals surface area contributed by atoms with E-state index in [4.69, 9.17) is 0 Å². The minimum absolute atomic E-state index is 1.23. The van der Waals surface area contributed by atoms with Gasteiger partial charge in [-0.3, -0.25) is 0 Å². The van der Waals surface area contributed by atoms with Crippen LogP contribution < -0.4 is 0 Å². The molecule has 5 aromatic heterocycles. The average molecular weight is 581 g/mol. The number of unbranched alkanes of at least 4 members (excludes halogenated alkanes) is 6. The van der Waals surface area contributed by atoms with E-state index < -0.39 is 0 Å². The molecule has 0 aromatic carbocycles. The molecule has 0 bridgehead atoms. The summed E-state index contributed by atoms with van der Waals surface area (Å²) < 4.78 is 0. The van der Waals surface area contributed by atoms with Gasteiger partial charge in [0, 0.05) is 50.1 Å². The smallest absolute Gasteiger partial charge is 0.0449 e. The lowest BCUT2D eigenvalue weighted by Gasteiger charge is -1.96. The maximum atomic E-state index is 2.42. The van der Waals surface area contributed by atoms with E-state index in [9.17, 15) is 0 Å². The quantitative estimate of drug-likeness (QED) is 0.115. The largest absolute Gasteiger partial charge is 0.148 e. The minimum atomic E-state index is 1.23. The zero-order valence-corrected chi connectivity index (χ0v) is 26.0. The Morgan fingerprint density at radius 2 is 0.838 bits per heavy atom. The molecule has 194 valence electrons. The van der Waals surface area contributed by atoms with Crippen LogP contribution in [0.3, 0.4) is 0 Å². The average Bonchev–Trinajstić information content (AvgIpc) is 3.73. The molecule has 0 saturated carbocycles. The van der Waals surface area contributed by atoms with E-state index in [0.29, 0.717) is 0 Å². The predicted octanol–water partition coefficient (Wildman–Crippen LogP) is 12.9. The zero-order chi connectivity index (χ0) is 25.5. The van der Waals surface area contributed by atoms with Crippen molar-refractivity contribution in [3.8, 4) is 40.4 Å². The summed E-state index contributed by atoms with van der Waals surface area (Å²) in [6, 6.07) is 18.7. The third-order valence-electron chi connectivity index (χ3n) is 6.73. The first-order valence-corrected chi connectivity index (χ1v) is 17.9. The molecule has 5 heteroatoms. The van der Waals surface area contributed by atoms with Crippen molar-refractivity contribution in [2.75, 3.05) is 0 Å². The van der Waals surface area contributed by atoms with Crippen molar-refractivity contribution in [3.63, 3.8) is 0 Å². The zero-order valence-electron chi connectivity index (χ0n) is 21.9. The molecule has 5 heterocycles. The fourth-order valence-electron chi connectivity index (χ4n) is 4.59. The van der Waals surface area contributed by atoms with Crippen LogP contribution in [0.15, 0.2) is 59.3 Å². The summed E-state index contributed by atoms with van der Waals surface area (Å²) >= 11 is 9.64. The standard InChI is InChI=1S/C32H36S5/c1-3-5-7-9-11-25-19-23(21-33-25)27-13-15-29(35-27)31-17-18-32(37-31)30-16-14-28(36-30)24-20-26(34-22-24)12-10-8-6-4-2/h13-22H,3-12H2,1-2H3. The van der Waals surface area contributed by atoms with Crippen LogP contribution in [-0.2, 0) is 12.8 Å². The van der Waals surface area contributed by atoms with Gasteiger partial charge < -0.3 is 0 Å². The Morgan fingerprint density at radius 1 is 0.459 bits per heavy atom. The molecule has 0 amide bonds. The second-order valence-corrected chi connectivity index (χ2v) is 15.0. The summed E-state index contributed by atoms with van der Waals surface area (Å²) in [6.45, 7) is 4.56. The summed E-state index contributed by atoms with van der Waals surface area (Å²) in [6.07, 6.45) is 13.1. The normalized spacial score (nSPS) is 11.5. The number of thiophene rings is 5. The number of hydrogen-bond donors (Lipinski definition) is 0. The maximum absolute atomic E-state index is 2.42. The van der Waals surface area contributed by atoms with Gasteiger partial charge >= 0.3 is 0 Å². The third-order valence-corrected chi connectivity index (χ3v) is 12.5. The van der Waals surface area contributed by atoms with Crippen molar-refractivity contribution in [3.05, 3.63) is 69.0 Å². The summed E-state index contributed by atoms with van der Waals surface area (Å²) in [4.78, 5) is 11.4. The predicted molar refractivity (Wildman–Crippen MR) is 173 cm³/mol. The summed E-state index contributed by atoms with van der Waals surface area (Å²) in [5, 5.41) is 4.69. The first-order chi connectivity index (χ1) is 18.2. The monoisotopic (exact) mass is 580 g/mol. The molecule has 0 spiro atoms. The topological polar surface area (TPSA) is 0 Å². The first-order valence-electron chi connectivity index (χ1n) is 13.7. The lowest BCUT2D eigenvalue weighted by Crippen LogP contribution is -1.80. The molecule has 37 heavy (non-hydrogen) atoms. The van der Waals surface area contributed by atoms with Gasteiger partial charge in [0.05, 0.1) is 0 Å². The van der Waals surface area contributed by atoms with E-state index in [1.54, 1.807) is 0 Å². The van der Waals surface area contributed by atoms with Crippen molar-refractivity contribution >= 4 is 56.7 Å². The Bertz CT molecular complexity index is 1270. The van der Waals surface area contributed by atoms with Gasteiger partial charge in [0.1, 0.15) is 0 Å². The van der Waals surface area contributed by atoms with E-state index in [-0.39, 0.29) is 0 Å². The summed E-state index contributed by atoms with van der Waals surface area (Å²) in [7, 11) is 0. The second kappa shape index (κ2) is 13.5. The van der Waals surface area contributed by atoms with Crippen LogP contribution in [-0.4, -0.2) is 0 Å². The summed E-state index contributed by atoms with van der Waals surface area (Å²) in [5.41, 5.74) is 2.79. The molecule has 5 rings (SSSR count). The molecular weight excluding hydrogens is 545 g/mol. The Kier molecular flexibility index (Phi) is 9.90. The van der Waals surface area contributed by atoms with Crippen LogP contribution in [0.5, 0.6) is 0 Å². The Labute approximate surface area is 242 Å². The van der Waals surface area contributed by atoms with Gasteiger partial charge in [0.15, 0.2) is 0 Å². The molecule has 0 unspecified atom stereocenters. The number of rotatable bonds is 14. The van der Waals surface area contributed by atoms with E-state index in [0.717, 1.165) is 0 Å². The molecule has 5 aromatic rings. The highest BCUT2D eigenvalue weighted by Crippen LogP contribution is 2.44. The maximum Gasteiger partial charge on any atom is 0.0449 e. The molecule has 0 fully saturated rings. The highest BCUT2D eigenvalue weighted by molar-refractivity contribution is 7.28. The minimum Gasteiger partial charge on any atom is -0.148 e. The van der Waals surface area contributed by atoms with Gasteiger partial charge in [0.2, 0.25) is 0 Å². The molecule has 0 aliphatic carbocycles.